The molecule has 3 rings (SSSR count). The first-order valence-corrected chi connectivity index (χ1v) is 8.35. The molecule has 0 aromatic carbocycles. The van der Waals surface area contributed by atoms with Gasteiger partial charge in [-0.1, -0.05) is 17.8 Å². The minimum Gasteiger partial charge on any atom is -0.338 e. The minimum atomic E-state index is -0.141. The van der Waals surface area contributed by atoms with Crippen molar-refractivity contribution in [2.24, 2.45) is 0 Å². The van der Waals surface area contributed by atoms with Crippen LogP contribution >= 0.6 is 23.1 Å². The topological polar surface area (TPSA) is 57.7 Å². The van der Waals surface area contributed by atoms with Crippen LogP contribution in [0.5, 0.6) is 0 Å². The number of carbonyl (C=O) groups is 3. The lowest BCUT2D eigenvalue weighted by atomic mass is 10.0. The van der Waals surface area contributed by atoms with Gasteiger partial charge in [-0.3, -0.25) is 19.3 Å². The standard InChI is InChI=1S/C13H14N2O3S2/c16-11-8-20-13(18)15(11)9-3-5-14(6-4-9)12(17)10-2-1-7-19-10/h1-2,7,9H,3-6,8H2. The highest BCUT2D eigenvalue weighted by Gasteiger charge is 2.38. The van der Waals surface area contributed by atoms with E-state index in [2.05, 4.69) is 0 Å². The predicted octanol–water partition coefficient (Wildman–Crippen LogP) is 2.05. The number of hydrogen-bond acceptors (Lipinski definition) is 5. The van der Waals surface area contributed by atoms with E-state index in [4.69, 9.17) is 0 Å². The lowest BCUT2D eigenvalue weighted by molar-refractivity contribution is -0.126. The first-order valence-electron chi connectivity index (χ1n) is 6.48. The molecule has 106 valence electrons. The SMILES string of the molecule is O=C(c1cccs1)N1CCC(N2C(=O)CSC2=O)CC1. The Morgan fingerprint density at radius 1 is 1.25 bits per heavy atom. The largest absolute Gasteiger partial charge is 0.338 e. The highest BCUT2D eigenvalue weighted by atomic mass is 32.2. The molecule has 2 aliphatic rings. The van der Waals surface area contributed by atoms with Crippen molar-refractivity contribution in [3.8, 4) is 0 Å². The molecule has 2 fully saturated rings. The van der Waals surface area contributed by atoms with Gasteiger partial charge in [0.05, 0.1) is 10.6 Å². The van der Waals surface area contributed by atoms with Crippen molar-refractivity contribution < 1.29 is 14.4 Å². The molecule has 0 N–H and O–H groups in total. The first kappa shape index (κ1) is 13.6. The van der Waals surface area contributed by atoms with Gasteiger partial charge in [0, 0.05) is 19.1 Å². The number of piperidine rings is 1. The van der Waals surface area contributed by atoms with E-state index in [1.807, 2.05) is 17.5 Å². The number of nitrogens with zero attached hydrogens (tertiary/aromatic N) is 2. The summed E-state index contributed by atoms with van der Waals surface area (Å²) in [7, 11) is 0. The molecule has 20 heavy (non-hydrogen) atoms. The summed E-state index contributed by atoms with van der Waals surface area (Å²) in [5.41, 5.74) is 0. The zero-order chi connectivity index (χ0) is 14.1. The molecule has 0 atom stereocenters. The quantitative estimate of drug-likeness (QED) is 0.839. The van der Waals surface area contributed by atoms with Gasteiger partial charge in [0.25, 0.3) is 11.1 Å². The molecule has 0 spiro atoms. The Morgan fingerprint density at radius 3 is 2.55 bits per heavy atom. The van der Waals surface area contributed by atoms with Crippen LogP contribution in [-0.2, 0) is 4.79 Å². The van der Waals surface area contributed by atoms with Crippen molar-refractivity contribution in [3.63, 3.8) is 0 Å². The van der Waals surface area contributed by atoms with Gasteiger partial charge in [-0.2, -0.15) is 0 Å². The van der Waals surface area contributed by atoms with E-state index < -0.39 is 0 Å². The van der Waals surface area contributed by atoms with Gasteiger partial charge >= 0.3 is 0 Å². The Hall–Kier alpha value is -1.34. The molecule has 7 heteroatoms. The Labute approximate surface area is 124 Å². The van der Waals surface area contributed by atoms with E-state index in [1.165, 1.54) is 16.2 Å². The summed E-state index contributed by atoms with van der Waals surface area (Å²) in [6.45, 7) is 1.20. The van der Waals surface area contributed by atoms with Gasteiger partial charge in [-0.15, -0.1) is 11.3 Å². The van der Waals surface area contributed by atoms with Crippen LogP contribution in [0.15, 0.2) is 17.5 Å². The number of likely N-dealkylation sites (tertiary alicyclic amines) is 1. The van der Waals surface area contributed by atoms with Crippen LogP contribution in [0, 0.1) is 0 Å². The van der Waals surface area contributed by atoms with Crippen LogP contribution in [0.1, 0.15) is 22.5 Å². The Balaban J connectivity index is 1.61. The summed E-state index contributed by atoms with van der Waals surface area (Å²) in [6.07, 6.45) is 1.35. The second-order valence-corrected chi connectivity index (χ2v) is 6.69. The molecule has 5 nitrogen and oxygen atoms in total. The van der Waals surface area contributed by atoms with Crippen LogP contribution in [0.25, 0.3) is 0 Å². The summed E-state index contributed by atoms with van der Waals surface area (Å²) >= 11 is 2.51. The zero-order valence-electron chi connectivity index (χ0n) is 10.8. The smallest absolute Gasteiger partial charge is 0.289 e. The molecule has 1 aromatic rings. The third-order valence-electron chi connectivity index (χ3n) is 3.63. The molecule has 0 bridgehead atoms. The van der Waals surface area contributed by atoms with Crippen molar-refractivity contribution in [3.05, 3.63) is 22.4 Å². The van der Waals surface area contributed by atoms with E-state index in [9.17, 15) is 14.4 Å². The molecule has 0 unspecified atom stereocenters. The molecule has 2 aliphatic heterocycles. The second-order valence-electron chi connectivity index (χ2n) is 4.82. The van der Waals surface area contributed by atoms with Gasteiger partial charge in [0.2, 0.25) is 5.91 Å². The van der Waals surface area contributed by atoms with Crippen LogP contribution in [0.4, 0.5) is 4.79 Å². The van der Waals surface area contributed by atoms with Gasteiger partial charge in [-0.25, -0.2) is 0 Å². The van der Waals surface area contributed by atoms with Gasteiger partial charge in [0.1, 0.15) is 0 Å². The molecule has 2 saturated heterocycles. The van der Waals surface area contributed by atoms with Gasteiger partial charge < -0.3 is 4.90 Å². The van der Waals surface area contributed by atoms with Crippen molar-refractivity contribution in [2.75, 3.05) is 18.8 Å². The Bertz CT molecular complexity index is 520. The lowest BCUT2D eigenvalue weighted by Gasteiger charge is -2.35. The monoisotopic (exact) mass is 310 g/mol. The fraction of sp³-hybridized carbons (Fsp3) is 0.462. The van der Waals surface area contributed by atoms with Crippen LogP contribution < -0.4 is 0 Å². The van der Waals surface area contributed by atoms with E-state index in [0.29, 0.717) is 25.9 Å². The van der Waals surface area contributed by atoms with Crippen LogP contribution in [-0.4, -0.2) is 51.7 Å². The maximum absolute atomic E-state index is 12.2. The third kappa shape index (κ3) is 2.47. The molecule has 1 aromatic heterocycles. The highest BCUT2D eigenvalue weighted by molar-refractivity contribution is 8.14. The van der Waals surface area contributed by atoms with Gasteiger partial charge in [-0.05, 0) is 24.3 Å². The Morgan fingerprint density at radius 2 is 2.00 bits per heavy atom. The second kappa shape index (κ2) is 5.57. The molecule has 0 radical (unpaired) electrons. The summed E-state index contributed by atoms with van der Waals surface area (Å²) in [6, 6.07) is 3.64. The summed E-state index contributed by atoms with van der Waals surface area (Å²) < 4.78 is 0. The number of imide groups is 1. The van der Waals surface area contributed by atoms with E-state index >= 15 is 0 Å². The van der Waals surface area contributed by atoms with Crippen molar-refractivity contribution in [1.82, 2.24) is 9.80 Å². The average Bonchev–Trinajstić information content (AvgIpc) is 3.09. The highest BCUT2D eigenvalue weighted by Crippen LogP contribution is 2.27. The van der Waals surface area contributed by atoms with Crippen molar-refractivity contribution in [2.45, 2.75) is 18.9 Å². The molecular formula is C13H14N2O3S2. The zero-order valence-corrected chi connectivity index (χ0v) is 12.4. The number of thioether (sulfide) groups is 1. The summed E-state index contributed by atoms with van der Waals surface area (Å²) in [5, 5.41) is 1.75. The molecule has 3 amide bonds. The van der Waals surface area contributed by atoms with Crippen molar-refractivity contribution >= 4 is 40.2 Å². The number of amides is 3. The maximum atomic E-state index is 12.2. The van der Waals surface area contributed by atoms with Gasteiger partial charge in [0.15, 0.2) is 0 Å². The fourth-order valence-corrected chi connectivity index (χ4v) is 4.07. The number of carbonyl (C=O) groups excluding carboxylic acids is 3. The molecule has 0 aliphatic carbocycles. The van der Waals surface area contributed by atoms with Crippen molar-refractivity contribution in [1.29, 1.82) is 0 Å². The number of rotatable bonds is 2. The van der Waals surface area contributed by atoms with E-state index in [0.717, 1.165) is 16.6 Å². The first-order chi connectivity index (χ1) is 9.66. The third-order valence-corrected chi connectivity index (χ3v) is 5.33. The normalized spacial score (nSPS) is 20.8. The fourth-order valence-electron chi connectivity index (χ4n) is 2.60. The molecule has 3 heterocycles. The summed E-state index contributed by atoms with van der Waals surface area (Å²) in [4.78, 5) is 39.5. The molecular weight excluding hydrogens is 296 g/mol. The van der Waals surface area contributed by atoms with Crippen LogP contribution in [0.2, 0.25) is 0 Å². The summed E-state index contributed by atoms with van der Waals surface area (Å²) in [5.74, 6) is 0.211. The van der Waals surface area contributed by atoms with Crippen LogP contribution in [0.3, 0.4) is 0 Å². The predicted molar refractivity (Wildman–Crippen MR) is 77.9 cm³/mol. The molecule has 0 saturated carbocycles. The minimum absolute atomic E-state index is 0.0441. The number of hydrogen-bond donors (Lipinski definition) is 0. The lowest BCUT2D eigenvalue weighted by Crippen LogP contribution is -2.48. The number of thiophene rings is 1. The Kier molecular flexibility index (Phi) is 3.80. The van der Waals surface area contributed by atoms with E-state index in [-0.39, 0.29) is 28.8 Å². The maximum Gasteiger partial charge on any atom is 0.289 e. The average molecular weight is 310 g/mol. The van der Waals surface area contributed by atoms with E-state index in [1.54, 1.807) is 4.90 Å².